The summed E-state index contributed by atoms with van der Waals surface area (Å²) in [5, 5.41) is 16.3. The number of anilines is 4. The second-order valence-corrected chi connectivity index (χ2v) is 4.75. The maximum atomic E-state index is 9.87. The first-order valence-corrected chi connectivity index (χ1v) is 6.47. The minimum atomic E-state index is -0.579. The molecule has 0 aliphatic heterocycles. The molecule has 0 aromatic heterocycles. The first-order chi connectivity index (χ1) is 9.54. The van der Waals surface area contributed by atoms with Gasteiger partial charge >= 0.3 is 0 Å². The van der Waals surface area contributed by atoms with Crippen molar-refractivity contribution < 1.29 is 5.11 Å². The molecule has 0 heterocycles. The van der Waals surface area contributed by atoms with E-state index in [-0.39, 0.29) is 6.17 Å². The zero-order valence-corrected chi connectivity index (χ0v) is 11.4. The SMILES string of the molecule is CC(O)C(Nc1ccc(N)cc1)Nc1ccc(N)cc1. The van der Waals surface area contributed by atoms with E-state index in [9.17, 15) is 5.11 Å². The van der Waals surface area contributed by atoms with Crippen LogP contribution in [0.1, 0.15) is 6.92 Å². The summed E-state index contributed by atoms with van der Waals surface area (Å²) in [6.45, 7) is 1.72. The standard InChI is InChI=1S/C15H20N4O/c1-10(20)15(18-13-6-2-11(16)3-7-13)19-14-8-4-12(17)5-9-14/h2-10,15,18-20H,16-17H2,1H3. The Labute approximate surface area is 118 Å². The van der Waals surface area contributed by atoms with Gasteiger partial charge < -0.3 is 27.2 Å². The minimum absolute atomic E-state index is 0.317. The van der Waals surface area contributed by atoms with Crippen LogP contribution in [0.5, 0.6) is 0 Å². The molecule has 2 aromatic rings. The highest BCUT2D eigenvalue weighted by Gasteiger charge is 2.14. The van der Waals surface area contributed by atoms with Crippen LogP contribution in [0, 0.1) is 0 Å². The average Bonchev–Trinajstić information content (AvgIpc) is 2.42. The number of hydrogen-bond acceptors (Lipinski definition) is 5. The van der Waals surface area contributed by atoms with Crippen molar-refractivity contribution in [1.82, 2.24) is 0 Å². The van der Waals surface area contributed by atoms with Crippen LogP contribution in [0.15, 0.2) is 48.5 Å². The Balaban J connectivity index is 2.07. The van der Waals surface area contributed by atoms with E-state index in [0.29, 0.717) is 11.4 Å². The summed E-state index contributed by atoms with van der Waals surface area (Å²) in [6.07, 6.45) is -0.896. The molecule has 1 atom stereocenters. The molecule has 0 fully saturated rings. The Hall–Kier alpha value is -2.40. The number of nitrogen functional groups attached to an aromatic ring is 2. The third-order valence-corrected chi connectivity index (χ3v) is 2.95. The number of aliphatic hydroxyl groups excluding tert-OH is 1. The summed E-state index contributed by atoms with van der Waals surface area (Å²) in [4.78, 5) is 0. The van der Waals surface area contributed by atoms with Crippen LogP contribution in [-0.2, 0) is 0 Å². The van der Waals surface area contributed by atoms with Crippen molar-refractivity contribution in [3.8, 4) is 0 Å². The molecule has 2 rings (SSSR count). The summed E-state index contributed by atoms with van der Waals surface area (Å²) in [7, 11) is 0. The zero-order chi connectivity index (χ0) is 14.5. The van der Waals surface area contributed by atoms with Crippen molar-refractivity contribution in [1.29, 1.82) is 0 Å². The van der Waals surface area contributed by atoms with E-state index in [1.54, 1.807) is 6.92 Å². The molecule has 5 nitrogen and oxygen atoms in total. The van der Waals surface area contributed by atoms with Gasteiger partial charge in [0.15, 0.2) is 0 Å². The molecule has 0 saturated carbocycles. The Morgan fingerprint density at radius 3 is 1.45 bits per heavy atom. The lowest BCUT2D eigenvalue weighted by atomic mass is 10.2. The predicted octanol–water partition coefficient (Wildman–Crippen LogP) is 2.08. The molecule has 2 aromatic carbocycles. The number of rotatable bonds is 5. The van der Waals surface area contributed by atoms with Crippen LogP contribution in [0.2, 0.25) is 0 Å². The molecule has 0 amide bonds. The highest BCUT2D eigenvalue weighted by Crippen LogP contribution is 2.16. The van der Waals surface area contributed by atoms with Gasteiger partial charge in [0.25, 0.3) is 0 Å². The molecule has 0 radical (unpaired) electrons. The van der Waals surface area contributed by atoms with Gasteiger partial charge in [-0.2, -0.15) is 0 Å². The van der Waals surface area contributed by atoms with Gasteiger partial charge in [0.1, 0.15) is 6.17 Å². The minimum Gasteiger partial charge on any atom is -0.399 e. The van der Waals surface area contributed by atoms with Gasteiger partial charge in [-0.1, -0.05) is 0 Å². The van der Waals surface area contributed by atoms with Crippen LogP contribution < -0.4 is 22.1 Å². The topological polar surface area (TPSA) is 96.3 Å². The van der Waals surface area contributed by atoms with Crippen molar-refractivity contribution in [3.63, 3.8) is 0 Å². The van der Waals surface area contributed by atoms with E-state index in [1.165, 1.54) is 0 Å². The normalized spacial score (nSPS) is 12.2. The number of aliphatic hydroxyl groups is 1. The Morgan fingerprint density at radius 1 is 0.800 bits per heavy atom. The average molecular weight is 272 g/mol. The van der Waals surface area contributed by atoms with Crippen LogP contribution >= 0.6 is 0 Å². The largest absolute Gasteiger partial charge is 0.399 e. The second-order valence-electron chi connectivity index (χ2n) is 4.75. The fourth-order valence-corrected chi connectivity index (χ4v) is 1.80. The van der Waals surface area contributed by atoms with Crippen LogP contribution in [0.3, 0.4) is 0 Å². The van der Waals surface area contributed by atoms with E-state index in [4.69, 9.17) is 11.5 Å². The van der Waals surface area contributed by atoms with Crippen molar-refractivity contribution in [2.24, 2.45) is 0 Å². The van der Waals surface area contributed by atoms with Gasteiger partial charge in [-0.25, -0.2) is 0 Å². The monoisotopic (exact) mass is 272 g/mol. The fourth-order valence-electron chi connectivity index (χ4n) is 1.80. The third kappa shape index (κ3) is 3.80. The molecule has 106 valence electrons. The molecule has 0 spiro atoms. The maximum Gasteiger partial charge on any atom is 0.123 e. The predicted molar refractivity (Wildman–Crippen MR) is 84.4 cm³/mol. The molecule has 20 heavy (non-hydrogen) atoms. The van der Waals surface area contributed by atoms with Crippen LogP contribution in [0.4, 0.5) is 22.7 Å². The molecular formula is C15H20N4O. The summed E-state index contributed by atoms with van der Waals surface area (Å²) in [5.74, 6) is 0. The molecule has 0 bridgehead atoms. The fraction of sp³-hybridized carbons (Fsp3) is 0.200. The van der Waals surface area contributed by atoms with Gasteiger partial charge in [-0.05, 0) is 55.5 Å². The summed E-state index contributed by atoms with van der Waals surface area (Å²) >= 11 is 0. The maximum absolute atomic E-state index is 9.87. The first-order valence-electron chi connectivity index (χ1n) is 6.47. The van der Waals surface area contributed by atoms with Gasteiger partial charge in [0, 0.05) is 22.7 Å². The Kier molecular flexibility index (Phi) is 4.32. The van der Waals surface area contributed by atoms with E-state index >= 15 is 0 Å². The summed E-state index contributed by atoms with van der Waals surface area (Å²) in [5.41, 5.74) is 14.5. The zero-order valence-electron chi connectivity index (χ0n) is 11.4. The quantitative estimate of drug-likeness (QED) is 0.424. The lowest BCUT2D eigenvalue weighted by Gasteiger charge is -2.25. The molecule has 0 saturated heterocycles. The van der Waals surface area contributed by atoms with Gasteiger partial charge in [0.05, 0.1) is 6.10 Å². The van der Waals surface area contributed by atoms with Crippen molar-refractivity contribution in [2.45, 2.75) is 19.2 Å². The number of hydrogen-bond donors (Lipinski definition) is 5. The van der Waals surface area contributed by atoms with Crippen LogP contribution in [-0.4, -0.2) is 17.4 Å². The first kappa shape index (κ1) is 14.0. The van der Waals surface area contributed by atoms with Gasteiger partial charge in [-0.15, -0.1) is 0 Å². The van der Waals surface area contributed by atoms with Crippen molar-refractivity contribution in [3.05, 3.63) is 48.5 Å². The highest BCUT2D eigenvalue weighted by atomic mass is 16.3. The Morgan fingerprint density at radius 2 is 1.15 bits per heavy atom. The third-order valence-electron chi connectivity index (χ3n) is 2.95. The van der Waals surface area contributed by atoms with E-state index in [0.717, 1.165) is 11.4 Å². The number of nitrogens with one attached hydrogen (secondary N) is 2. The van der Waals surface area contributed by atoms with E-state index < -0.39 is 6.10 Å². The summed E-state index contributed by atoms with van der Waals surface area (Å²) < 4.78 is 0. The number of benzene rings is 2. The van der Waals surface area contributed by atoms with Gasteiger partial charge in [0.2, 0.25) is 0 Å². The molecular weight excluding hydrogens is 252 g/mol. The second kappa shape index (κ2) is 6.16. The molecule has 1 unspecified atom stereocenters. The highest BCUT2D eigenvalue weighted by molar-refractivity contribution is 5.55. The van der Waals surface area contributed by atoms with Crippen LogP contribution in [0.25, 0.3) is 0 Å². The van der Waals surface area contributed by atoms with Crippen molar-refractivity contribution in [2.75, 3.05) is 22.1 Å². The van der Waals surface area contributed by atoms with Crippen molar-refractivity contribution >= 4 is 22.7 Å². The van der Waals surface area contributed by atoms with Gasteiger partial charge in [-0.3, -0.25) is 0 Å². The molecule has 0 aliphatic carbocycles. The molecule has 0 aliphatic rings. The molecule has 5 heteroatoms. The summed E-state index contributed by atoms with van der Waals surface area (Å²) in [6, 6.07) is 14.7. The lowest BCUT2D eigenvalue weighted by molar-refractivity contribution is 0.181. The van der Waals surface area contributed by atoms with E-state index in [2.05, 4.69) is 10.6 Å². The lowest BCUT2D eigenvalue weighted by Crippen LogP contribution is -2.38. The molecule has 7 N–H and O–H groups in total. The number of nitrogens with two attached hydrogens (primary N) is 2. The Bertz CT molecular complexity index is 489. The van der Waals surface area contributed by atoms with E-state index in [1.807, 2.05) is 48.5 Å². The smallest absolute Gasteiger partial charge is 0.123 e.